The molecule has 29 heavy (non-hydrogen) atoms. The molecule has 1 N–H and O–H groups in total. The molecular weight excluding hydrogens is 402 g/mol. The predicted molar refractivity (Wildman–Crippen MR) is 122 cm³/mol. The Morgan fingerprint density at radius 3 is 2.41 bits per heavy atom. The summed E-state index contributed by atoms with van der Waals surface area (Å²) in [5, 5.41) is 4.64. The van der Waals surface area contributed by atoms with Crippen molar-refractivity contribution >= 4 is 35.5 Å². The summed E-state index contributed by atoms with van der Waals surface area (Å²) in [4.78, 5) is 13.4. The van der Waals surface area contributed by atoms with Crippen molar-refractivity contribution in [2.45, 2.75) is 37.8 Å². The van der Waals surface area contributed by atoms with Gasteiger partial charge in [0.25, 0.3) is 5.91 Å². The van der Waals surface area contributed by atoms with E-state index in [4.69, 9.17) is 11.6 Å². The number of benzene rings is 2. The van der Waals surface area contributed by atoms with E-state index in [9.17, 15) is 4.79 Å². The van der Waals surface area contributed by atoms with Crippen molar-refractivity contribution in [1.29, 1.82) is 0 Å². The van der Waals surface area contributed by atoms with Crippen LogP contribution in [-0.4, -0.2) is 21.9 Å². The Balaban J connectivity index is 1.65. The molecule has 0 aliphatic carbocycles. The maximum Gasteiger partial charge on any atom is 0.253 e. The van der Waals surface area contributed by atoms with Crippen molar-refractivity contribution in [3.05, 3.63) is 82.1 Å². The summed E-state index contributed by atoms with van der Waals surface area (Å²) < 4.78 is 2.13. The fourth-order valence-electron chi connectivity index (χ4n) is 3.04. The molecule has 0 aliphatic heterocycles. The summed E-state index contributed by atoms with van der Waals surface area (Å²) in [6, 6.07) is 17.9. The Bertz CT molecular complexity index is 1020. The molecule has 0 saturated heterocycles. The van der Waals surface area contributed by atoms with Crippen LogP contribution in [0.4, 0.5) is 0 Å². The molecule has 3 aromatic rings. The van der Waals surface area contributed by atoms with Crippen molar-refractivity contribution < 1.29 is 4.79 Å². The Labute approximate surface area is 181 Å². The van der Waals surface area contributed by atoms with Gasteiger partial charge in [-0.2, -0.15) is 5.10 Å². The second-order valence-electron chi connectivity index (χ2n) is 6.95. The van der Waals surface area contributed by atoms with Crippen LogP contribution in [0.3, 0.4) is 0 Å². The fraction of sp³-hybridized carbons (Fsp3) is 0.217. The number of hydrogen-bond acceptors (Lipinski definition) is 3. The molecule has 3 rings (SSSR count). The first kappa shape index (κ1) is 21.2. The number of nitrogens with one attached hydrogen (secondary N) is 1. The normalized spacial score (nSPS) is 12.3. The van der Waals surface area contributed by atoms with Crippen molar-refractivity contribution in [3.8, 4) is 5.69 Å². The molecule has 0 fully saturated rings. The highest BCUT2D eigenvalue weighted by molar-refractivity contribution is 8.00. The largest absolute Gasteiger partial charge is 0.318 e. The average molecular weight is 426 g/mol. The van der Waals surface area contributed by atoms with Gasteiger partial charge in [-0.05, 0) is 70.2 Å². The van der Waals surface area contributed by atoms with Gasteiger partial charge in [-0.25, -0.2) is 5.43 Å². The lowest BCUT2D eigenvalue weighted by atomic mass is 10.2. The van der Waals surface area contributed by atoms with Crippen LogP contribution in [0.15, 0.2) is 64.6 Å². The number of amides is 1. The van der Waals surface area contributed by atoms with Gasteiger partial charge in [0.05, 0.1) is 11.5 Å². The summed E-state index contributed by atoms with van der Waals surface area (Å²) in [6.07, 6.45) is 1.69. The number of halogens is 1. The van der Waals surface area contributed by atoms with E-state index in [0.717, 1.165) is 27.5 Å². The maximum atomic E-state index is 12.4. The average Bonchev–Trinajstić information content (AvgIpc) is 2.97. The van der Waals surface area contributed by atoms with Crippen LogP contribution in [0, 0.1) is 20.8 Å². The molecule has 150 valence electrons. The van der Waals surface area contributed by atoms with Gasteiger partial charge in [-0.1, -0.05) is 29.3 Å². The van der Waals surface area contributed by atoms with Crippen molar-refractivity contribution in [1.82, 2.24) is 9.99 Å². The van der Waals surface area contributed by atoms with Crippen LogP contribution in [-0.2, 0) is 4.79 Å². The van der Waals surface area contributed by atoms with Crippen LogP contribution in [0.2, 0.25) is 5.02 Å². The molecule has 0 spiro atoms. The third kappa shape index (κ3) is 5.31. The number of nitrogens with zero attached hydrogens (tertiary/aromatic N) is 2. The van der Waals surface area contributed by atoms with Gasteiger partial charge in [0, 0.05) is 32.6 Å². The molecule has 0 unspecified atom stereocenters. The second kappa shape index (κ2) is 9.33. The van der Waals surface area contributed by atoms with Gasteiger partial charge in [0.15, 0.2) is 0 Å². The first-order valence-corrected chi connectivity index (χ1v) is 10.6. The molecule has 1 aromatic heterocycles. The van der Waals surface area contributed by atoms with Gasteiger partial charge in [0.2, 0.25) is 0 Å². The van der Waals surface area contributed by atoms with Crippen molar-refractivity contribution in [2.24, 2.45) is 5.10 Å². The van der Waals surface area contributed by atoms with E-state index in [1.165, 1.54) is 17.3 Å². The molecule has 1 atom stereocenters. The lowest BCUT2D eigenvalue weighted by Crippen LogP contribution is -2.26. The third-order valence-corrected chi connectivity index (χ3v) is 6.00. The summed E-state index contributed by atoms with van der Waals surface area (Å²) in [6.45, 7) is 7.99. The molecule has 0 aliphatic rings. The van der Waals surface area contributed by atoms with E-state index in [0.29, 0.717) is 5.02 Å². The molecular formula is C23H24ClN3OS. The molecule has 0 bridgehead atoms. The lowest BCUT2D eigenvalue weighted by Gasteiger charge is -2.10. The minimum atomic E-state index is -0.239. The van der Waals surface area contributed by atoms with E-state index in [2.05, 4.69) is 15.1 Å². The highest BCUT2D eigenvalue weighted by Gasteiger charge is 2.14. The van der Waals surface area contributed by atoms with Crippen LogP contribution < -0.4 is 5.43 Å². The summed E-state index contributed by atoms with van der Waals surface area (Å²) >= 11 is 7.51. The first-order valence-electron chi connectivity index (χ1n) is 9.36. The number of aryl methyl sites for hydroxylation is 2. The summed E-state index contributed by atoms with van der Waals surface area (Å²) in [5.41, 5.74) is 7.97. The number of rotatable bonds is 6. The first-order chi connectivity index (χ1) is 13.8. The van der Waals surface area contributed by atoms with Crippen LogP contribution in [0.25, 0.3) is 5.69 Å². The molecule has 0 saturated carbocycles. The molecule has 0 radical (unpaired) electrons. The van der Waals surface area contributed by atoms with Gasteiger partial charge in [-0.15, -0.1) is 11.8 Å². The molecule has 6 heteroatoms. The number of hydrazone groups is 1. The van der Waals surface area contributed by atoms with Crippen LogP contribution in [0.1, 0.15) is 29.4 Å². The number of carbonyl (C=O) groups is 1. The zero-order valence-corrected chi connectivity index (χ0v) is 18.5. The highest BCUT2D eigenvalue weighted by Crippen LogP contribution is 2.24. The minimum Gasteiger partial charge on any atom is -0.318 e. The van der Waals surface area contributed by atoms with Crippen LogP contribution in [0.5, 0.6) is 0 Å². The second-order valence-corrected chi connectivity index (χ2v) is 8.80. The molecule has 1 heterocycles. The van der Waals surface area contributed by atoms with Gasteiger partial charge < -0.3 is 4.57 Å². The quantitative estimate of drug-likeness (QED) is 0.313. The maximum absolute atomic E-state index is 12.4. The Morgan fingerprint density at radius 2 is 1.76 bits per heavy atom. The van der Waals surface area contributed by atoms with Gasteiger partial charge in [0.1, 0.15) is 0 Å². The fourth-order valence-corrected chi connectivity index (χ4v) is 4.02. The van der Waals surface area contributed by atoms with E-state index in [-0.39, 0.29) is 11.2 Å². The van der Waals surface area contributed by atoms with Crippen molar-refractivity contribution in [2.75, 3.05) is 0 Å². The van der Waals surface area contributed by atoms with Gasteiger partial charge in [-0.3, -0.25) is 4.79 Å². The SMILES string of the molecule is Cc1ccc(S[C@H](C)C(=O)N/N=C\c2cc(C)n(-c3ccc(Cl)cc3)c2C)cc1. The number of carbonyl (C=O) groups excluding carboxylic acids is 1. The molecule has 2 aromatic carbocycles. The smallest absolute Gasteiger partial charge is 0.253 e. The zero-order valence-electron chi connectivity index (χ0n) is 16.9. The highest BCUT2D eigenvalue weighted by atomic mass is 35.5. The summed E-state index contributed by atoms with van der Waals surface area (Å²) in [7, 11) is 0. The topological polar surface area (TPSA) is 46.4 Å². The van der Waals surface area contributed by atoms with Gasteiger partial charge >= 0.3 is 0 Å². The van der Waals surface area contributed by atoms with E-state index in [1.807, 2.05) is 82.3 Å². The minimum absolute atomic E-state index is 0.127. The number of aromatic nitrogens is 1. The zero-order chi connectivity index (χ0) is 21.0. The Hall–Kier alpha value is -2.50. The number of hydrogen-bond donors (Lipinski definition) is 1. The van der Waals surface area contributed by atoms with E-state index < -0.39 is 0 Å². The lowest BCUT2D eigenvalue weighted by molar-refractivity contribution is -0.120. The summed E-state index contributed by atoms with van der Waals surface area (Å²) in [5.74, 6) is -0.127. The van der Waals surface area contributed by atoms with E-state index in [1.54, 1.807) is 6.21 Å². The monoisotopic (exact) mass is 425 g/mol. The Kier molecular flexibility index (Phi) is 6.83. The third-order valence-electron chi connectivity index (χ3n) is 4.64. The van der Waals surface area contributed by atoms with E-state index >= 15 is 0 Å². The predicted octanol–water partition coefficient (Wildman–Crippen LogP) is 5.69. The van der Waals surface area contributed by atoms with Crippen molar-refractivity contribution in [3.63, 3.8) is 0 Å². The standard InChI is InChI=1S/C23H24ClN3OS/c1-15-5-11-22(12-6-15)29-18(4)23(28)26-25-14-19-13-16(2)27(17(19)3)21-9-7-20(24)8-10-21/h5-14,18H,1-4H3,(H,26,28)/b25-14-/t18-/m1/s1. The molecule has 4 nitrogen and oxygen atoms in total. The number of thioether (sulfide) groups is 1. The van der Waals surface area contributed by atoms with Crippen LogP contribution >= 0.6 is 23.4 Å². The molecule has 1 amide bonds. The Morgan fingerprint density at radius 1 is 1.10 bits per heavy atom.